The summed E-state index contributed by atoms with van der Waals surface area (Å²) < 4.78 is 11.1. The maximum absolute atomic E-state index is 12.2. The van der Waals surface area contributed by atoms with E-state index in [1.807, 2.05) is 13.8 Å². The smallest absolute Gasteiger partial charge is 0.251 e. The third-order valence-electron chi connectivity index (χ3n) is 3.20. The standard InChI is InChI=1S/C12H21NO4/c1-12(2)8-13(6-9(7-14)17-12)11(15)10-4-3-5-16-10/h9-10,14H,3-8H2,1-2H3/t9?,10-/m1/s1. The van der Waals surface area contributed by atoms with E-state index in [-0.39, 0.29) is 24.7 Å². The molecule has 0 spiro atoms. The van der Waals surface area contributed by atoms with Crippen LogP contribution < -0.4 is 0 Å². The lowest BCUT2D eigenvalue weighted by atomic mass is 10.0. The van der Waals surface area contributed by atoms with Crippen LogP contribution in [-0.4, -0.2) is 60.0 Å². The van der Waals surface area contributed by atoms with Gasteiger partial charge in [-0.1, -0.05) is 0 Å². The molecule has 5 heteroatoms. The predicted molar refractivity (Wildman–Crippen MR) is 61.6 cm³/mol. The molecule has 2 aliphatic heterocycles. The van der Waals surface area contributed by atoms with E-state index in [4.69, 9.17) is 9.47 Å². The topological polar surface area (TPSA) is 59.0 Å². The van der Waals surface area contributed by atoms with Gasteiger partial charge in [0.2, 0.25) is 0 Å². The van der Waals surface area contributed by atoms with Crippen LogP contribution in [0.4, 0.5) is 0 Å². The Kier molecular flexibility index (Phi) is 3.70. The number of hydrogen-bond acceptors (Lipinski definition) is 4. The number of aliphatic hydroxyl groups excluding tert-OH is 1. The summed E-state index contributed by atoms with van der Waals surface area (Å²) in [5.74, 6) is 0.0392. The van der Waals surface area contributed by atoms with Gasteiger partial charge < -0.3 is 19.5 Å². The molecule has 0 aliphatic carbocycles. The number of amides is 1. The summed E-state index contributed by atoms with van der Waals surface area (Å²) in [4.78, 5) is 14.0. The first-order valence-corrected chi connectivity index (χ1v) is 6.21. The highest BCUT2D eigenvalue weighted by Crippen LogP contribution is 2.23. The summed E-state index contributed by atoms with van der Waals surface area (Å²) in [5.41, 5.74) is -0.403. The van der Waals surface area contributed by atoms with Crippen LogP contribution in [0.3, 0.4) is 0 Å². The highest BCUT2D eigenvalue weighted by molar-refractivity contribution is 5.81. The van der Waals surface area contributed by atoms with E-state index in [1.165, 1.54) is 0 Å². The van der Waals surface area contributed by atoms with Gasteiger partial charge in [-0.3, -0.25) is 4.79 Å². The lowest BCUT2D eigenvalue weighted by molar-refractivity contribution is -0.173. The second kappa shape index (κ2) is 4.92. The molecule has 1 amide bonds. The summed E-state index contributed by atoms with van der Waals surface area (Å²) in [6.45, 7) is 5.50. The van der Waals surface area contributed by atoms with E-state index in [1.54, 1.807) is 4.90 Å². The third kappa shape index (κ3) is 2.97. The number of morpholine rings is 1. The zero-order valence-corrected chi connectivity index (χ0v) is 10.5. The van der Waals surface area contributed by atoms with Crippen LogP contribution in [0.5, 0.6) is 0 Å². The maximum Gasteiger partial charge on any atom is 0.251 e. The molecule has 2 fully saturated rings. The van der Waals surface area contributed by atoms with Crippen LogP contribution in [0.1, 0.15) is 26.7 Å². The average Bonchev–Trinajstić information content (AvgIpc) is 2.79. The van der Waals surface area contributed by atoms with Crippen molar-refractivity contribution in [1.29, 1.82) is 0 Å². The van der Waals surface area contributed by atoms with Gasteiger partial charge in [0.05, 0.1) is 18.3 Å². The molecule has 0 bridgehead atoms. The van der Waals surface area contributed by atoms with Crippen molar-refractivity contribution in [3.05, 3.63) is 0 Å². The zero-order valence-electron chi connectivity index (χ0n) is 10.5. The number of rotatable bonds is 2. The fraction of sp³-hybridized carbons (Fsp3) is 0.917. The highest BCUT2D eigenvalue weighted by atomic mass is 16.5. The number of aliphatic hydroxyl groups is 1. The number of nitrogens with zero attached hydrogens (tertiary/aromatic N) is 1. The van der Waals surface area contributed by atoms with E-state index < -0.39 is 5.60 Å². The molecular formula is C12H21NO4. The lowest BCUT2D eigenvalue weighted by Gasteiger charge is -2.42. The van der Waals surface area contributed by atoms with Crippen molar-refractivity contribution in [3.63, 3.8) is 0 Å². The molecule has 2 aliphatic rings. The summed E-state index contributed by atoms with van der Waals surface area (Å²) >= 11 is 0. The Morgan fingerprint density at radius 1 is 1.53 bits per heavy atom. The largest absolute Gasteiger partial charge is 0.394 e. The van der Waals surface area contributed by atoms with Gasteiger partial charge in [-0.15, -0.1) is 0 Å². The predicted octanol–water partition coefficient (Wildman–Crippen LogP) is 0.164. The van der Waals surface area contributed by atoms with Crippen molar-refractivity contribution in [3.8, 4) is 0 Å². The molecule has 0 aromatic carbocycles. The molecule has 2 heterocycles. The third-order valence-corrected chi connectivity index (χ3v) is 3.20. The van der Waals surface area contributed by atoms with Crippen molar-refractivity contribution < 1.29 is 19.4 Å². The molecule has 17 heavy (non-hydrogen) atoms. The van der Waals surface area contributed by atoms with Gasteiger partial charge in [0.25, 0.3) is 5.91 Å². The Morgan fingerprint density at radius 2 is 2.29 bits per heavy atom. The van der Waals surface area contributed by atoms with Crippen molar-refractivity contribution in [2.75, 3.05) is 26.3 Å². The zero-order chi connectivity index (χ0) is 12.5. The van der Waals surface area contributed by atoms with Crippen LogP contribution in [-0.2, 0) is 14.3 Å². The normalized spacial score (nSPS) is 32.8. The Bertz CT molecular complexity index is 286. The minimum absolute atomic E-state index is 0.0392. The number of carbonyl (C=O) groups is 1. The lowest BCUT2D eigenvalue weighted by Crippen LogP contribution is -2.57. The van der Waals surface area contributed by atoms with Gasteiger partial charge in [-0.05, 0) is 26.7 Å². The average molecular weight is 243 g/mol. The second-order valence-corrected chi connectivity index (χ2v) is 5.40. The SMILES string of the molecule is CC1(C)CN(C(=O)[C@H]2CCCO2)CC(CO)O1. The number of ether oxygens (including phenoxy) is 2. The molecule has 98 valence electrons. The Labute approximate surface area is 102 Å². The quantitative estimate of drug-likeness (QED) is 0.751. The van der Waals surface area contributed by atoms with E-state index in [0.717, 1.165) is 12.8 Å². The fourth-order valence-corrected chi connectivity index (χ4v) is 2.53. The van der Waals surface area contributed by atoms with E-state index in [2.05, 4.69) is 0 Å². The van der Waals surface area contributed by atoms with Crippen molar-refractivity contribution in [2.45, 2.75) is 44.5 Å². The van der Waals surface area contributed by atoms with Crippen molar-refractivity contribution >= 4 is 5.91 Å². The molecule has 0 aromatic heterocycles. The molecule has 0 radical (unpaired) electrons. The molecule has 5 nitrogen and oxygen atoms in total. The molecule has 0 saturated carbocycles. The monoisotopic (exact) mass is 243 g/mol. The van der Waals surface area contributed by atoms with E-state index in [9.17, 15) is 9.90 Å². The highest BCUT2D eigenvalue weighted by Gasteiger charge is 2.38. The summed E-state index contributed by atoms with van der Waals surface area (Å²) in [6.07, 6.45) is 1.18. The molecule has 2 saturated heterocycles. The van der Waals surface area contributed by atoms with Crippen LogP contribution in [0.25, 0.3) is 0 Å². The summed E-state index contributed by atoms with van der Waals surface area (Å²) in [5, 5.41) is 9.19. The van der Waals surface area contributed by atoms with E-state index >= 15 is 0 Å². The van der Waals surface area contributed by atoms with E-state index in [0.29, 0.717) is 19.7 Å². The minimum Gasteiger partial charge on any atom is -0.394 e. The van der Waals surface area contributed by atoms with Crippen LogP contribution in [0, 0.1) is 0 Å². The molecular weight excluding hydrogens is 222 g/mol. The first-order chi connectivity index (χ1) is 8.02. The summed E-state index contributed by atoms with van der Waals surface area (Å²) in [7, 11) is 0. The summed E-state index contributed by atoms with van der Waals surface area (Å²) in [6, 6.07) is 0. The molecule has 1 N–H and O–H groups in total. The van der Waals surface area contributed by atoms with Crippen LogP contribution in [0.15, 0.2) is 0 Å². The minimum atomic E-state index is -0.403. The fourth-order valence-electron chi connectivity index (χ4n) is 2.53. The number of hydrogen-bond donors (Lipinski definition) is 1. The first-order valence-electron chi connectivity index (χ1n) is 6.21. The van der Waals surface area contributed by atoms with Crippen molar-refractivity contribution in [2.24, 2.45) is 0 Å². The van der Waals surface area contributed by atoms with Gasteiger partial charge in [0.15, 0.2) is 0 Å². The second-order valence-electron chi connectivity index (χ2n) is 5.40. The van der Waals surface area contributed by atoms with Gasteiger partial charge in [-0.2, -0.15) is 0 Å². The Hall–Kier alpha value is -0.650. The van der Waals surface area contributed by atoms with Gasteiger partial charge in [0, 0.05) is 19.7 Å². The molecule has 2 rings (SSSR count). The van der Waals surface area contributed by atoms with Gasteiger partial charge >= 0.3 is 0 Å². The Balaban J connectivity index is 2.01. The van der Waals surface area contributed by atoms with Gasteiger partial charge in [-0.25, -0.2) is 0 Å². The van der Waals surface area contributed by atoms with Crippen LogP contribution in [0.2, 0.25) is 0 Å². The van der Waals surface area contributed by atoms with Gasteiger partial charge in [0.1, 0.15) is 6.10 Å². The molecule has 2 atom stereocenters. The molecule has 0 aromatic rings. The molecule has 1 unspecified atom stereocenters. The Morgan fingerprint density at radius 3 is 2.88 bits per heavy atom. The van der Waals surface area contributed by atoms with Crippen LogP contribution >= 0.6 is 0 Å². The maximum atomic E-state index is 12.2. The van der Waals surface area contributed by atoms with Crippen molar-refractivity contribution in [1.82, 2.24) is 4.90 Å². The number of carbonyl (C=O) groups excluding carboxylic acids is 1. The first kappa shape index (κ1) is 12.8.